The summed E-state index contributed by atoms with van der Waals surface area (Å²) in [5.74, 6) is -0.558. The number of nitrogens with one attached hydrogen (secondary N) is 1. The molecule has 1 aromatic carbocycles. The molecule has 2 fully saturated rings. The minimum absolute atomic E-state index is 0.0876. The topological polar surface area (TPSA) is 138 Å². The van der Waals surface area contributed by atoms with Crippen molar-refractivity contribution in [3.8, 4) is 11.8 Å². The van der Waals surface area contributed by atoms with Gasteiger partial charge in [-0.1, -0.05) is 37.1 Å². The van der Waals surface area contributed by atoms with Crippen molar-refractivity contribution in [2.75, 3.05) is 13.2 Å². The van der Waals surface area contributed by atoms with Gasteiger partial charge in [0, 0.05) is 6.42 Å². The third-order valence-electron chi connectivity index (χ3n) is 5.37. The molecule has 0 saturated carbocycles. The fraction of sp³-hybridized carbons (Fsp3) is 0.550. The Hall–Kier alpha value is -3.05. The van der Waals surface area contributed by atoms with E-state index in [1.807, 2.05) is 18.2 Å². The highest BCUT2D eigenvalue weighted by molar-refractivity contribution is 5.78. The predicted octanol–water partition coefficient (Wildman–Crippen LogP) is 1.18. The van der Waals surface area contributed by atoms with Crippen LogP contribution in [-0.2, 0) is 19.1 Å². The second-order valence-corrected chi connectivity index (χ2v) is 8.57. The average molecular weight is 431 g/mol. The molecule has 11 nitrogen and oxygen atoms in total. The van der Waals surface area contributed by atoms with Crippen LogP contribution in [0.2, 0.25) is 0 Å². The van der Waals surface area contributed by atoms with Crippen molar-refractivity contribution in [3.05, 3.63) is 30.3 Å². The van der Waals surface area contributed by atoms with Gasteiger partial charge in [0.25, 0.3) is 0 Å². The van der Waals surface area contributed by atoms with Gasteiger partial charge in [-0.25, -0.2) is 0 Å². The Morgan fingerprint density at radius 1 is 1.19 bits per heavy atom. The van der Waals surface area contributed by atoms with Gasteiger partial charge in [-0.2, -0.15) is 4.68 Å². The number of rotatable bonds is 8. The molecule has 0 bridgehead atoms. The maximum Gasteiger partial charge on any atom is 0.341 e. The molecule has 2 aliphatic heterocycles. The number of aliphatic carboxylic acids is 1. The number of carbonyl (C=O) groups excluding carboxylic acids is 1. The number of ether oxygens (including phenoxy) is 3. The normalized spacial score (nSPS) is 25.2. The Bertz CT molecular complexity index is 933. The molecule has 3 heterocycles. The van der Waals surface area contributed by atoms with Gasteiger partial charge < -0.3 is 24.6 Å². The third kappa shape index (κ3) is 4.83. The molecule has 4 atom stereocenters. The summed E-state index contributed by atoms with van der Waals surface area (Å²) in [7, 11) is 0. The van der Waals surface area contributed by atoms with Crippen LogP contribution in [0.15, 0.2) is 30.3 Å². The minimum Gasteiger partial charge on any atom is -0.481 e. The van der Waals surface area contributed by atoms with Crippen LogP contribution in [0.5, 0.6) is 11.8 Å². The summed E-state index contributed by atoms with van der Waals surface area (Å²) >= 11 is 0. The molecule has 166 valence electrons. The second kappa shape index (κ2) is 8.60. The average Bonchev–Trinajstić information content (AvgIpc) is 3.39. The van der Waals surface area contributed by atoms with E-state index >= 15 is 0 Å². The van der Waals surface area contributed by atoms with Crippen molar-refractivity contribution in [1.29, 1.82) is 0 Å². The molecule has 2 aromatic rings. The number of para-hydroxylation sites is 1. The molecule has 0 unspecified atom stereocenters. The molecule has 0 radical (unpaired) electrons. The van der Waals surface area contributed by atoms with E-state index in [-0.39, 0.29) is 55.7 Å². The maximum atomic E-state index is 12.5. The predicted molar refractivity (Wildman–Crippen MR) is 105 cm³/mol. The van der Waals surface area contributed by atoms with E-state index in [0.29, 0.717) is 12.4 Å². The molecule has 11 heteroatoms. The van der Waals surface area contributed by atoms with Gasteiger partial charge >= 0.3 is 12.0 Å². The van der Waals surface area contributed by atoms with E-state index < -0.39 is 11.4 Å². The molecule has 2 saturated heterocycles. The Kier molecular flexibility index (Phi) is 5.88. The number of tetrazole rings is 1. The fourth-order valence-electron chi connectivity index (χ4n) is 4.03. The van der Waals surface area contributed by atoms with E-state index in [1.54, 1.807) is 26.0 Å². The van der Waals surface area contributed by atoms with Gasteiger partial charge in [0.1, 0.15) is 24.0 Å². The number of carboxylic acid groups (broad SMARTS) is 1. The number of carboxylic acids is 1. The van der Waals surface area contributed by atoms with E-state index in [4.69, 9.17) is 19.3 Å². The van der Waals surface area contributed by atoms with Gasteiger partial charge in [0.15, 0.2) is 0 Å². The van der Waals surface area contributed by atoms with E-state index in [2.05, 4.69) is 20.8 Å². The Morgan fingerprint density at radius 3 is 2.68 bits per heavy atom. The first-order valence-electron chi connectivity index (χ1n) is 10.1. The van der Waals surface area contributed by atoms with Gasteiger partial charge in [-0.15, -0.1) is 0 Å². The number of benzene rings is 1. The Balaban J connectivity index is 1.38. The summed E-state index contributed by atoms with van der Waals surface area (Å²) in [6, 6.07) is 8.78. The lowest BCUT2D eigenvalue weighted by Gasteiger charge is -2.24. The summed E-state index contributed by atoms with van der Waals surface area (Å²) < 4.78 is 19.2. The highest BCUT2D eigenvalue weighted by Gasteiger charge is 2.50. The van der Waals surface area contributed by atoms with Crippen LogP contribution in [0, 0.1) is 5.41 Å². The molecule has 2 aliphatic rings. The van der Waals surface area contributed by atoms with Crippen LogP contribution in [0.25, 0.3) is 0 Å². The lowest BCUT2D eigenvalue weighted by atomic mass is 9.85. The molecule has 0 spiro atoms. The summed E-state index contributed by atoms with van der Waals surface area (Å²) in [4.78, 5) is 23.5. The zero-order chi connectivity index (χ0) is 22.0. The molecule has 1 aromatic heterocycles. The van der Waals surface area contributed by atoms with E-state index in [1.165, 1.54) is 4.68 Å². The fourth-order valence-corrected chi connectivity index (χ4v) is 4.03. The number of amides is 1. The van der Waals surface area contributed by atoms with Crippen LogP contribution in [0.4, 0.5) is 0 Å². The first-order valence-corrected chi connectivity index (χ1v) is 10.1. The lowest BCUT2D eigenvalue weighted by Crippen LogP contribution is -2.45. The Labute approximate surface area is 178 Å². The largest absolute Gasteiger partial charge is 0.481 e. The van der Waals surface area contributed by atoms with Gasteiger partial charge in [-0.05, 0) is 28.0 Å². The highest BCUT2D eigenvalue weighted by atomic mass is 16.6. The number of nitrogens with zero attached hydrogens (tertiary/aromatic N) is 4. The number of fused-ring (bicyclic) bond motifs is 1. The summed E-state index contributed by atoms with van der Waals surface area (Å²) in [5.41, 5.74) is -0.649. The van der Waals surface area contributed by atoms with Crippen molar-refractivity contribution < 1.29 is 28.9 Å². The van der Waals surface area contributed by atoms with Crippen LogP contribution in [-0.4, -0.2) is 68.7 Å². The zero-order valence-electron chi connectivity index (χ0n) is 17.3. The van der Waals surface area contributed by atoms with Gasteiger partial charge in [0.2, 0.25) is 5.91 Å². The first kappa shape index (κ1) is 21.2. The smallest absolute Gasteiger partial charge is 0.341 e. The van der Waals surface area contributed by atoms with Crippen LogP contribution >= 0.6 is 0 Å². The second-order valence-electron chi connectivity index (χ2n) is 8.57. The van der Waals surface area contributed by atoms with Crippen molar-refractivity contribution in [1.82, 2.24) is 25.5 Å². The molecule has 1 amide bonds. The highest BCUT2D eigenvalue weighted by Crippen LogP contribution is 2.36. The molecule has 2 N–H and O–H groups in total. The number of carbonyl (C=O) groups is 2. The number of hydrogen-bond acceptors (Lipinski definition) is 8. The number of aromatic nitrogens is 4. The molecular formula is C20H25N5O6. The SMILES string of the molecule is CC(C)(CC(=O)O)CC(=O)N[C@H]1CO[C@H]2[C@@H]1OC[C@@H]2n1nnnc1Oc1ccccc1. The van der Waals surface area contributed by atoms with Gasteiger partial charge in [-0.3, -0.25) is 9.59 Å². The maximum absolute atomic E-state index is 12.5. The quantitative estimate of drug-likeness (QED) is 0.631. The van der Waals surface area contributed by atoms with Crippen LogP contribution in [0.1, 0.15) is 32.7 Å². The summed E-state index contributed by atoms with van der Waals surface area (Å²) in [6.45, 7) is 4.10. The summed E-state index contributed by atoms with van der Waals surface area (Å²) in [5, 5.41) is 23.6. The van der Waals surface area contributed by atoms with E-state index in [9.17, 15) is 9.59 Å². The van der Waals surface area contributed by atoms with E-state index in [0.717, 1.165) is 0 Å². The summed E-state index contributed by atoms with van der Waals surface area (Å²) in [6.07, 6.45) is -0.696. The number of hydrogen-bond donors (Lipinski definition) is 2. The zero-order valence-corrected chi connectivity index (χ0v) is 17.3. The van der Waals surface area contributed by atoms with Crippen LogP contribution in [0.3, 0.4) is 0 Å². The van der Waals surface area contributed by atoms with Crippen molar-refractivity contribution in [3.63, 3.8) is 0 Å². The molecular weight excluding hydrogens is 406 g/mol. The van der Waals surface area contributed by atoms with Crippen molar-refractivity contribution in [2.24, 2.45) is 5.41 Å². The van der Waals surface area contributed by atoms with Gasteiger partial charge in [0.05, 0.1) is 25.7 Å². The monoisotopic (exact) mass is 431 g/mol. The van der Waals surface area contributed by atoms with Crippen LogP contribution < -0.4 is 10.1 Å². The lowest BCUT2D eigenvalue weighted by molar-refractivity contribution is -0.139. The molecule has 4 rings (SSSR count). The third-order valence-corrected chi connectivity index (χ3v) is 5.37. The Morgan fingerprint density at radius 2 is 1.94 bits per heavy atom. The first-order chi connectivity index (χ1) is 14.8. The molecule has 0 aliphatic carbocycles. The minimum atomic E-state index is -0.931. The molecule has 31 heavy (non-hydrogen) atoms. The van der Waals surface area contributed by atoms with Crippen molar-refractivity contribution in [2.45, 2.75) is 51.0 Å². The van der Waals surface area contributed by atoms with Crippen molar-refractivity contribution >= 4 is 11.9 Å². The standard InChI is InChI=1S/C20H25N5O6/c1-20(2,9-16(27)28)8-15(26)21-13-10-29-18-14(11-30-17(13)18)25-19(22-23-24-25)31-12-6-4-3-5-7-12/h3-7,13-14,17-18H,8-11H2,1-2H3,(H,21,26)(H,27,28)/t13-,14-,17+,18+/m0/s1.